The van der Waals surface area contributed by atoms with Crippen molar-refractivity contribution >= 4 is 33.6 Å². The maximum absolute atomic E-state index is 13.1. The van der Waals surface area contributed by atoms with E-state index >= 15 is 0 Å². The number of piperazine rings is 1. The Bertz CT molecular complexity index is 689. The van der Waals surface area contributed by atoms with Crippen LogP contribution in [0.15, 0.2) is 17.0 Å². The van der Waals surface area contributed by atoms with E-state index in [0.29, 0.717) is 31.9 Å². The summed E-state index contributed by atoms with van der Waals surface area (Å²) in [4.78, 5) is 1.46. The number of benzene rings is 1. The number of nitrogen functional groups attached to an aromatic ring is 1. The number of anilines is 2. The summed E-state index contributed by atoms with van der Waals surface area (Å²) in [7, 11) is -3.87. The van der Waals surface area contributed by atoms with E-state index in [1.807, 2.05) is 4.90 Å². The van der Waals surface area contributed by atoms with Gasteiger partial charge in [-0.2, -0.15) is 13.2 Å². The summed E-state index contributed by atoms with van der Waals surface area (Å²) in [6.45, 7) is 3.61. The van der Waals surface area contributed by atoms with Crippen molar-refractivity contribution in [2.45, 2.75) is 23.9 Å². The van der Waals surface area contributed by atoms with Crippen LogP contribution in [-0.2, 0) is 9.84 Å². The van der Waals surface area contributed by atoms with E-state index in [1.165, 1.54) is 12.1 Å². The van der Waals surface area contributed by atoms with Gasteiger partial charge >= 0.3 is 6.18 Å². The minimum atomic E-state index is -4.55. The number of nitrogens with one attached hydrogen (secondary N) is 1. The van der Waals surface area contributed by atoms with E-state index < -0.39 is 26.8 Å². The summed E-state index contributed by atoms with van der Waals surface area (Å²) < 4.78 is 63.3. The lowest BCUT2D eigenvalue weighted by Crippen LogP contribution is -2.43. The van der Waals surface area contributed by atoms with Crippen LogP contribution >= 0.6 is 12.4 Å². The average molecular weight is 388 g/mol. The van der Waals surface area contributed by atoms with Gasteiger partial charge in [-0.15, -0.1) is 12.4 Å². The molecule has 0 amide bonds. The number of nitrogens with zero attached hydrogens (tertiary/aromatic N) is 1. The van der Waals surface area contributed by atoms with E-state index in [0.717, 1.165) is 13.2 Å². The largest absolute Gasteiger partial charge is 0.398 e. The third-order valence-electron chi connectivity index (χ3n) is 3.94. The third kappa shape index (κ3) is 4.46. The molecule has 138 valence electrons. The van der Waals surface area contributed by atoms with Crippen LogP contribution < -0.4 is 16.0 Å². The second-order valence-corrected chi connectivity index (χ2v) is 7.68. The summed E-state index contributed by atoms with van der Waals surface area (Å²) in [5.41, 5.74) is 5.88. The molecule has 10 heteroatoms. The molecule has 24 heavy (non-hydrogen) atoms. The minimum absolute atomic E-state index is 0. The quantitative estimate of drug-likeness (QED) is 0.777. The average Bonchev–Trinajstić information content (AvgIpc) is 2.44. The molecule has 3 N–H and O–H groups in total. The van der Waals surface area contributed by atoms with Crippen molar-refractivity contribution < 1.29 is 21.6 Å². The Kier molecular flexibility index (Phi) is 6.40. The molecular weight excluding hydrogens is 367 g/mol. The van der Waals surface area contributed by atoms with Gasteiger partial charge in [0.2, 0.25) is 0 Å². The normalized spacial score (nSPS) is 17.3. The smallest absolute Gasteiger partial charge is 0.395 e. The predicted octanol–water partition coefficient (Wildman–Crippen LogP) is 2.17. The zero-order valence-electron chi connectivity index (χ0n) is 13.4. The molecule has 1 unspecified atom stereocenters. The van der Waals surface area contributed by atoms with Gasteiger partial charge in [0.1, 0.15) is 0 Å². The maximum atomic E-state index is 13.1. The highest BCUT2D eigenvalue weighted by Gasteiger charge is 2.40. The lowest BCUT2D eigenvalue weighted by Gasteiger charge is -2.31. The molecule has 2 rings (SSSR count). The van der Waals surface area contributed by atoms with Crippen LogP contribution in [0, 0.1) is 0 Å². The summed E-state index contributed by atoms with van der Waals surface area (Å²) in [5, 5.41) is 3.15. The molecule has 0 saturated carbocycles. The van der Waals surface area contributed by atoms with Gasteiger partial charge in [-0.1, -0.05) is 0 Å². The fraction of sp³-hybridized carbons (Fsp3) is 0.571. The van der Waals surface area contributed by atoms with Crippen LogP contribution in [0.5, 0.6) is 0 Å². The minimum Gasteiger partial charge on any atom is -0.398 e. The van der Waals surface area contributed by atoms with Gasteiger partial charge in [0, 0.05) is 38.1 Å². The molecule has 0 radical (unpaired) electrons. The first-order chi connectivity index (χ1) is 10.5. The molecule has 1 aromatic carbocycles. The first kappa shape index (κ1) is 20.9. The highest BCUT2D eigenvalue weighted by Crippen LogP contribution is 2.41. The Morgan fingerprint density at radius 2 is 1.79 bits per heavy atom. The van der Waals surface area contributed by atoms with Crippen LogP contribution in [0.1, 0.15) is 18.4 Å². The predicted molar refractivity (Wildman–Crippen MR) is 90.8 cm³/mol. The topological polar surface area (TPSA) is 75.4 Å². The molecule has 1 saturated heterocycles. The number of hydrogen-bond donors (Lipinski definition) is 2. The molecule has 1 heterocycles. The number of hydrogen-bond acceptors (Lipinski definition) is 5. The van der Waals surface area contributed by atoms with Gasteiger partial charge in [0.05, 0.1) is 16.5 Å². The summed E-state index contributed by atoms with van der Waals surface area (Å²) in [6.07, 6.45) is -3.68. The summed E-state index contributed by atoms with van der Waals surface area (Å²) >= 11 is 0. The number of sulfone groups is 1. The van der Waals surface area contributed by atoms with Crippen LogP contribution in [0.4, 0.5) is 24.5 Å². The van der Waals surface area contributed by atoms with Crippen molar-refractivity contribution in [3.8, 4) is 0 Å². The molecule has 0 aliphatic carbocycles. The SMILES string of the molecule is CC(c1cc(N2CCNCC2)cc(N)c1S(C)(=O)=O)C(F)(F)F.Cl. The van der Waals surface area contributed by atoms with Gasteiger partial charge in [0.15, 0.2) is 9.84 Å². The van der Waals surface area contributed by atoms with Crippen LogP contribution in [-0.4, -0.2) is 47.0 Å². The first-order valence-electron chi connectivity index (χ1n) is 7.17. The highest BCUT2D eigenvalue weighted by atomic mass is 35.5. The maximum Gasteiger partial charge on any atom is 0.395 e. The Morgan fingerprint density at radius 3 is 2.25 bits per heavy atom. The van der Waals surface area contributed by atoms with Crippen molar-refractivity contribution in [1.82, 2.24) is 5.32 Å². The zero-order chi connectivity index (χ0) is 17.4. The molecule has 1 fully saturated rings. The van der Waals surface area contributed by atoms with Gasteiger partial charge in [-0.05, 0) is 24.6 Å². The van der Waals surface area contributed by atoms with Gasteiger partial charge in [-0.3, -0.25) is 0 Å². The first-order valence-corrected chi connectivity index (χ1v) is 9.07. The molecular formula is C14H21ClF3N3O2S. The lowest BCUT2D eigenvalue weighted by molar-refractivity contribution is -0.146. The van der Waals surface area contributed by atoms with Crippen molar-refractivity contribution in [1.29, 1.82) is 0 Å². The van der Waals surface area contributed by atoms with Crippen molar-refractivity contribution in [2.24, 2.45) is 0 Å². The van der Waals surface area contributed by atoms with Crippen molar-refractivity contribution in [3.05, 3.63) is 17.7 Å². The Hall–Kier alpha value is -1.19. The highest BCUT2D eigenvalue weighted by molar-refractivity contribution is 7.91. The molecule has 1 atom stereocenters. The molecule has 0 spiro atoms. The Labute approximate surface area is 145 Å². The number of alkyl halides is 3. The van der Waals surface area contributed by atoms with Gasteiger partial charge < -0.3 is 16.0 Å². The molecule has 1 aliphatic rings. The van der Waals surface area contributed by atoms with E-state index in [2.05, 4.69) is 5.32 Å². The summed E-state index contributed by atoms with van der Waals surface area (Å²) in [6, 6.07) is 2.74. The summed E-state index contributed by atoms with van der Waals surface area (Å²) in [5.74, 6) is -1.92. The van der Waals surface area contributed by atoms with E-state index in [9.17, 15) is 21.6 Å². The van der Waals surface area contributed by atoms with Crippen LogP contribution in [0.3, 0.4) is 0 Å². The van der Waals surface area contributed by atoms with E-state index in [-0.39, 0.29) is 23.7 Å². The van der Waals surface area contributed by atoms with Crippen LogP contribution in [0.2, 0.25) is 0 Å². The third-order valence-corrected chi connectivity index (χ3v) is 5.15. The molecule has 0 bridgehead atoms. The second-order valence-electron chi connectivity index (χ2n) is 5.73. The second kappa shape index (κ2) is 7.37. The number of rotatable bonds is 3. The lowest BCUT2D eigenvalue weighted by atomic mass is 9.98. The van der Waals surface area contributed by atoms with Gasteiger partial charge in [0.25, 0.3) is 0 Å². The van der Waals surface area contributed by atoms with E-state index in [1.54, 1.807) is 0 Å². The monoisotopic (exact) mass is 387 g/mol. The fourth-order valence-electron chi connectivity index (χ4n) is 2.69. The van der Waals surface area contributed by atoms with Crippen LogP contribution in [0.25, 0.3) is 0 Å². The molecule has 0 aromatic heterocycles. The number of nitrogens with two attached hydrogens (primary N) is 1. The van der Waals surface area contributed by atoms with Crippen molar-refractivity contribution in [3.63, 3.8) is 0 Å². The molecule has 1 aromatic rings. The standard InChI is InChI=1S/C14H20F3N3O2S.ClH/c1-9(14(15,16)17)11-7-10(20-5-3-19-4-6-20)8-12(18)13(11)23(2,21)22;/h7-9,19H,3-6,18H2,1-2H3;1H. The Balaban J connectivity index is 0.00000288. The van der Waals surface area contributed by atoms with Crippen molar-refractivity contribution in [2.75, 3.05) is 43.1 Å². The number of halogens is 4. The molecule has 5 nitrogen and oxygen atoms in total. The zero-order valence-corrected chi connectivity index (χ0v) is 15.0. The van der Waals surface area contributed by atoms with Gasteiger partial charge in [-0.25, -0.2) is 8.42 Å². The van der Waals surface area contributed by atoms with E-state index in [4.69, 9.17) is 5.73 Å². The fourth-order valence-corrected chi connectivity index (χ4v) is 3.84. The molecule has 1 aliphatic heterocycles. The Morgan fingerprint density at radius 1 is 1.25 bits per heavy atom.